The molecule has 0 aromatic carbocycles. The summed E-state index contributed by atoms with van der Waals surface area (Å²) in [6.45, 7) is 4.95. The molecule has 2 rings (SSSR count). The number of nitrogens with zero attached hydrogens (tertiary/aromatic N) is 4. The average Bonchev–Trinajstić information content (AvgIpc) is 2.62. The molecule has 2 heterocycles. The first-order chi connectivity index (χ1) is 13.2. The van der Waals surface area contributed by atoms with Crippen LogP contribution in [0.3, 0.4) is 0 Å². The number of nitriles is 2. The van der Waals surface area contributed by atoms with E-state index in [-0.39, 0.29) is 40.4 Å². The van der Waals surface area contributed by atoms with Crippen LogP contribution < -0.4 is 0 Å². The second-order valence-corrected chi connectivity index (χ2v) is 5.23. The summed E-state index contributed by atoms with van der Waals surface area (Å²) in [4.78, 5) is 29.2. The molecule has 0 radical (unpaired) electrons. The van der Waals surface area contributed by atoms with E-state index in [9.17, 15) is 14.7 Å². The molecule has 0 saturated carbocycles. The summed E-state index contributed by atoms with van der Waals surface area (Å²) in [5.74, 6) is -2.52. The fourth-order valence-electron chi connectivity index (χ4n) is 1.98. The predicted molar refractivity (Wildman–Crippen MR) is 93.6 cm³/mol. The third kappa shape index (κ3) is 5.16. The lowest BCUT2D eigenvalue weighted by atomic mass is 10.1. The zero-order valence-corrected chi connectivity index (χ0v) is 15.2. The first-order valence-electron chi connectivity index (χ1n) is 7.78. The molecule has 10 heteroatoms. The van der Waals surface area contributed by atoms with Gasteiger partial charge < -0.3 is 20.1 Å². The van der Waals surface area contributed by atoms with E-state index in [1.807, 2.05) is 0 Å². The number of pyridine rings is 2. The third-order valence-corrected chi connectivity index (χ3v) is 3.35. The maximum Gasteiger partial charge on any atom is 0.340 e. The zero-order chi connectivity index (χ0) is 21.4. The van der Waals surface area contributed by atoms with Crippen molar-refractivity contribution in [3.05, 3.63) is 45.8 Å². The summed E-state index contributed by atoms with van der Waals surface area (Å²) in [6.07, 6.45) is 0. The van der Waals surface area contributed by atoms with E-state index in [1.165, 1.54) is 13.0 Å². The largest absolute Gasteiger partial charge is 0.492 e. The van der Waals surface area contributed by atoms with Crippen molar-refractivity contribution in [3.63, 3.8) is 0 Å². The lowest BCUT2D eigenvalue weighted by Crippen LogP contribution is -2.08. The molecule has 0 aliphatic carbocycles. The van der Waals surface area contributed by atoms with E-state index < -0.39 is 17.8 Å². The SMILES string of the molecule is CCOC(=O)c1cc(C#N)c(O)nc1C.Cc1nc(O)c(C#N)cc1C(=O)O. The van der Waals surface area contributed by atoms with Crippen molar-refractivity contribution >= 4 is 11.9 Å². The highest BCUT2D eigenvalue weighted by atomic mass is 16.5. The van der Waals surface area contributed by atoms with Gasteiger partial charge in [-0.05, 0) is 32.9 Å². The lowest BCUT2D eigenvalue weighted by Gasteiger charge is -2.05. The van der Waals surface area contributed by atoms with Crippen molar-refractivity contribution in [3.8, 4) is 23.9 Å². The molecule has 0 unspecified atom stereocenters. The number of aromatic nitrogens is 2. The van der Waals surface area contributed by atoms with Crippen LogP contribution >= 0.6 is 0 Å². The molecule has 0 saturated heterocycles. The summed E-state index contributed by atoms with van der Waals surface area (Å²) < 4.78 is 4.78. The molecular weight excluding hydrogens is 368 g/mol. The van der Waals surface area contributed by atoms with Crippen LogP contribution in [0, 0.1) is 36.5 Å². The standard InChI is InChI=1S/C10H10N2O3.C8H6N2O3/c1-3-15-10(14)8-4-7(5-11)9(13)12-6(8)2;1-4-6(8(12)13)2-5(3-9)7(11)10-4/h4H,3H2,1-2H3,(H,12,13);2H,1H3,(H,10,11)(H,12,13). The van der Waals surface area contributed by atoms with Crippen LogP contribution in [0.1, 0.15) is 50.2 Å². The Labute approximate surface area is 159 Å². The summed E-state index contributed by atoms with van der Waals surface area (Å²) in [5.41, 5.74) is 0.473. The van der Waals surface area contributed by atoms with Crippen molar-refractivity contribution in [2.24, 2.45) is 0 Å². The Kier molecular flexibility index (Phi) is 7.42. The lowest BCUT2D eigenvalue weighted by molar-refractivity contribution is 0.0524. The normalized spacial score (nSPS) is 9.32. The first-order valence-corrected chi connectivity index (χ1v) is 7.78. The number of hydrogen-bond acceptors (Lipinski definition) is 9. The minimum absolute atomic E-state index is 0.0383. The number of esters is 1. The zero-order valence-electron chi connectivity index (χ0n) is 15.2. The van der Waals surface area contributed by atoms with Gasteiger partial charge in [0.15, 0.2) is 0 Å². The van der Waals surface area contributed by atoms with Gasteiger partial charge in [-0.25, -0.2) is 19.6 Å². The second kappa shape index (κ2) is 9.50. The number of carboxylic acids is 1. The number of hydrogen-bond donors (Lipinski definition) is 3. The van der Waals surface area contributed by atoms with Crippen molar-refractivity contribution in [1.82, 2.24) is 9.97 Å². The van der Waals surface area contributed by atoms with E-state index in [4.69, 9.17) is 25.5 Å². The number of carbonyl (C=O) groups excluding carboxylic acids is 1. The Morgan fingerprint density at radius 2 is 1.43 bits per heavy atom. The van der Waals surface area contributed by atoms with Crippen LogP contribution in [-0.4, -0.2) is 43.8 Å². The Balaban J connectivity index is 0.000000283. The van der Waals surface area contributed by atoms with Gasteiger partial charge in [0.1, 0.15) is 23.3 Å². The number of rotatable bonds is 3. The van der Waals surface area contributed by atoms with Gasteiger partial charge >= 0.3 is 11.9 Å². The molecule has 3 N–H and O–H groups in total. The summed E-state index contributed by atoms with van der Waals surface area (Å²) in [6, 6.07) is 5.75. The molecule has 0 atom stereocenters. The van der Waals surface area contributed by atoms with E-state index in [1.54, 1.807) is 26.0 Å². The molecular formula is C18H16N4O6. The van der Waals surface area contributed by atoms with E-state index in [0.29, 0.717) is 5.69 Å². The summed E-state index contributed by atoms with van der Waals surface area (Å²) in [5, 5.41) is 44.1. The molecule has 0 aliphatic rings. The van der Waals surface area contributed by atoms with Crippen molar-refractivity contribution in [2.75, 3.05) is 6.61 Å². The molecule has 0 bridgehead atoms. The van der Waals surface area contributed by atoms with E-state index >= 15 is 0 Å². The molecule has 2 aromatic rings. The van der Waals surface area contributed by atoms with Gasteiger partial charge in [0, 0.05) is 0 Å². The van der Waals surface area contributed by atoms with Gasteiger partial charge in [0.25, 0.3) is 0 Å². The third-order valence-electron chi connectivity index (χ3n) is 3.35. The van der Waals surface area contributed by atoms with Gasteiger partial charge in [-0.2, -0.15) is 10.5 Å². The number of ether oxygens (including phenoxy) is 1. The van der Waals surface area contributed by atoms with Gasteiger partial charge in [-0.1, -0.05) is 0 Å². The Morgan fingerprint density at radius 3 is 1.82 bits per heavy atom. The molecule has 28 heavy (non-hydrogen) atoms. The molecule has 2 aromatic heterocycles. The minimum atomic E-state index is -1.17. The fourth-order valence-corrected chi connectivity index (χ4v) is 1.98. The quantitative estimate of drug-likeness (QED) is 0.661. The van der Waals surface area contributed by atoms with Crippen LogP contribution in [0.4, 0.5) is 0 Å². The van der Waals surface area contributed by atoms with Gasteiger partial charge in [-0.15, -0.1) is 0 Å². The van der Waals surface area contributed by atoms with Crippen molar-refractivity contribution in [1.29, 1.82) is 10.5 Å². The van der Waals surface area contributed by atoms with Crippen LogP contribution in [0.2, 0.25) is 0 Å². The topological polar surface area (TPSA) is 177 Å². The van der Waals surface area contributed by atoms with Gasteiger partial charge in [0.05, 0.1) is 29.1 Å². The average molecular weight is 384 g/mol. The van der Waals surface area contributed by atoms with Crippen LogP contribution in [0.15, 0.2) is 12.1 Å². The highest BCUT2D eigenvalue weighted by Gasteiger charge is 2.15. The number of carbonyl (C=O) groups is 2. The number of aromatic hydroxyl groups is 2. The molecule has 144 valence electrons. The second-order valence-electron chi connectivity index (χ2n) is 5.23. The maximum atomic E-state index is 11.4. The molecule has 0 spiro atoms. The van der Waals surface area contributed by atoms with Crippen LogP contribution in [-0.2, 0) is 4.74 Å². The minimum Gasteiger partial charge on any atom is -0.492 e. The van der Waals surface area contributed by atoms with Crippen molar-refractivity contribution in [2.45, 2.75) is 20.8 Å². The van der Waals surface area contributed by atoms with Crippen LogP contribution in [0.25, 0.3) is 0 Å². The molecule has 0 fully saturated rings. The Hall–Kier alpha value is -4.18. The predicted octanol–water partition coefficient (Wildman–Crippen LogP) is 1.81. The highest BCUT2D eigenvalue weighted by molar-refractivity contribution is 5.91. The smallest absolute Gasteiger partial charge is 0.340 e. The molecule has 10 nitrogen and oxygen atoms in total. The van der Waals surface area contributed by atoms with E-state index in [0.717, 1.165) is 6.07 Å². The Morgan fingerprint density at radius 1 is 1.00 bits per heavy atom. The van der Waals surface area contributed by atoms with E-state index in [2.05, 4.69) is 9.97 Å². The van der Waals surface area contributed by atoms with Gasteiger partial charge in [-0.3, -0.25) is 0 Å². The number of aromatic carboxylic acids is 1. The maximum absolute atomic E-state index is 11.4. The number of carboxylic acid groups (broad SMARTS) is 1. The number of aryl methyl sites for hydroxylation is 2. The Bertz CT molecular complexity index is 1000. The van der Waals surface area contributed by atoms with Crippen molar-refractivity contribution < 1.29 is 29.6 Å². The van der Waals surface area contributed by atoms with Crippen LogP contribution in [0.5, 0.6) is 11.8 Å². The summed E-state index contributed by atoms with van der Waals surface area (Å²) >= 11 is 0. The summed E-state index contributed by atoms with van der Waals surface area (Å²) in [7, 11) is 0. The molecule has 0 amide bonds. The monoisotopic (exact) mass is 384 g/mol. The fraction of sp³-hybridized carbons (Fsp3) is 0.222. The highest BCUT2D eigenvalue weighted by Crippen LogP contribution is 2.18. The molecule has 0 aliphatic heterocycles. The first kappa shape index (κ1) is 21.9. The van der Waals surface area contributed by atoms with Gasteiger partial charge in [0.2, 0.25) is 11.8 Å².